The van der Waals surface area contributed by atoms with Gasteiger partial charge in [-0.3, -0.25) is 0 Å². The Morgan fingerprint density at radius 1 is 0.833 bits per heavy atom. The first-order valence-electron chi connectivity index (χ1n) is 7.65. The Kier molecular flexibility index (Phi) is 4.58. The monoisotopic (exact) mass is 324 g/mol. The van der Waals surface area contributed by atoms with Crippen molar-refractivity contribution in [2.24, 2.45) is 0 Å². The van der Waals surface area contributed by atoms with Gasteiger partial charge in [-0.05, 0) is 39.6 Å². The molecular formula is C20H20O4. The minimum absolute atomic E-state index is 0.0448. The summed E-state index contributed by atoms with van der Waals surface area (Å²) < 4.78 is 16.3. The van der Waals surface area contributed by atoms with Gasteiger partial charge in [0.15, 0.2) is 11.5 Å². The van der Waals surface area contributed by atoms with Crippen molar-refractivity contribution in [2.75, 3.05) is 21.3 Å². The maximum absolute atomic E-state index is 9.81. The van der Waals surface area contributed by atoms with Gasteiger partial charge in [-0.15, -0.1) is 0 Å². The van der Waals surface area contributed by atoms with Crippen molar-refractivity contribution in [2.45, 2.75) is 6.61 Å². The van der Waals surface area contributed by atoms with Gasteiger partial charge >= 0.3 is 0 Å². The molecule has 0 atom stereocenters. The molecule has 0 unspecified atom stereocenters. The van der Waals surface area contributed by atoms with Crippen molar-refractivity contribution in [1.29, 1.82) is 0 Å². The summed E-state index contributed by atoms with van der Waals surface area (Å²) in [4.78, 5) is 0. The van der Waals surface area contributed by atoms with Crippen LogP contribution in [0.1, 0.15) is 5.56 Å². The summed E-state index contributed by atoms with van der Waals surface area (Å²) in [6.45, 7) is -0.0448. The van der Waals surface area contributed by atoms with Crippen LogP contribution in [0, 0.1) is 0 Å². The molecule has 0 bridgehead atoms. The number of methoxy groups -OCH3 is 3. The molecule has 4 nitrogen and oxygen atoms in total. The molecule has 3 rings (SSSR count). The third-order valence-corrected chi connectivity index (χ3v) is 4.14. The second-order valence-corrected chi connectivity index (χ2v) is 5.39. The normalized spacial score (nSPS) is 10.7. The molecule has 3 aromatic carbocycles. The highest BCUT2D eigenvalue weighted by Crippen LogP contribution is 2.43. The first-order valence-corrected chi connectivity index (χ1v) is 7.65. The van der Waals surface area contributed by atoms with Crippen LogP contribution in [0.5, 0.6) is 17.2 Å². The van der Waals surface area contributed by atoms with Crippen LogP contribution in [0.25, 0.3) is 21.9 Å². The van der Waals surface area contributed by atoms with Gasteiger partial charge in [0, 0.05) is 0 Å². The van der Waals surface area contributed by atoms with E-state index in [4.69, 9.17) is 14.2 Å². The Hall–Kier alpha value is -2.72. The van der Waals surface area contributed by atoms with Crippen LogP contribution < -0.4 is 14.2 Å². The number of hydrogen-bond acceptors (Lipinski definition) is 4. The summed E-state index contributed by atoms with van der Waals surface area (Å²) in [7, 11) is 4.77. The zero-order chi connectivity index (χ0) is 17.1. The molecule has 24 heavy (non-hydrogen) atoms. The average molecular weight is 324 g/mol. The second kappa shape index (κ2) is 6.81. The molecular weight excluding hydrogens is 304 g/mol. The van der Waals surface area contributed by atoms with Gasteiger partial charge in [0.25, 0.3) is 0 Å². The third-order valence-electron chi connectivity index (χ3n) is 4.14. The third kappa shape index (κ3) is 2.65. The predicted molar refractivity (Wildman–Crippen MR) is 95.0 cm³/mol. The van der Waals surface area contributed by atoms with E-state index >= 15 is 0 Å². The van der Waals surface area contributed by atoms with Crippen LogP contribution in [0.2, 0.25) is 0 Å². The second-order valence-electron chi connectivity index (χ2n) is 5.39. The standard InChI is InChI=1S/C20H20O4/c1-22-17-10-15(11-18(23-2)20(17)24-3)19-14(12-21)9-8-13-6-4-5-7-16(13)19/h4-11,21H,12H2,1-3H3. The van der Waals surface area contributed by atoms with Crippen LogP contribution in [-0.4, -0.2) is 26.4 Å². The van der Waals surface area contributed by atoms with E-state index in [0.717, 1.165) is 27.5 Å². The number of fused-ring (bicyclic) bond motifs is 1. The molecule has 0 spiro atoms. The van der Waals surface area contributed by atoms with Crippen molar-refractivity contribution >= 4 is 10.8 Å². The summed E-state index contributed by atoms with van der Waals surface area (Å²) in [6.07, 6.45) is 0. The highest BCUT2D eigenvalue weighted by molar-refractivity contribution is 5.99. The van der Waals surface area contributed by atoms with Gasteiger partial charge in [-0.2, -0.15) is 0 Å². The van der Waals surface area contributed by atoms with Crippen LogP contribution in [0.4, 0.5) is 0 Å². The molecule has 3 aromatic rings. The van der Waals surface area contributed by atoms with Crippen molar-refractivity contribution < 1.29 is 19.3 Å². The van der Waals surface area contributed by atoms with E-state index in [2.05, 4.69) is 6.07 Å². The Labute approximate surface area is 141 Å². The van der Waals surface area contributed by atoms with Crippen molar-refractivity contribution in [3.63, 3.8) is 0 Å². The molecule has 0 saturated carbocycles. The van der Waals surface area contributed by atoms with Crippen molar-refractivity contribution in [3.8, 4) is 28.4 Å². The van der Waals surface area contributed by atoms with Crippen molar-refractivity contribution in [3.05, 3.63) is 54.1 Å². The molecule has 0 aliphatic heterocycles. The van der Waals surface area contributed by atoms with E-state index in [9.17, 15) is 5.11 Å². The topological polar surface area (TPSA) is 47.9 Å². The quantitative estimate of drug-likeness (QED) is 0.770. The van der Waals surface area contributed by atoms with E-state index < -0.39 is 0 Å². The lowest BCUT2D eigenvalue weighted by Crippen LogP contribution is -1.97. The van der Waals surface area contributed by atoms with E-state index in [0.29, 0.717) is 17.2 Å². The molecule has 0 aromatic heterocycles. The highest BCUT2D eigenvalue weighted by atomic mass is 16.5. The van der Waals surface area contributed by atoms with E-state index in [1.807, 2.05) is 42.5 Å². The average Bonchev–Trinajstić information content (AvgIpc) is 2.65. The van der Waals surface area contributed by atoms with Crippen LogP contribution in [-0.2, 0) is 6.61 Å². The number of aliphatic hydroxyl groups is 1. The Balaban J connectivity index is 2.35. The Morgan fingerprint density at radius 3 is 2.08 bits per heavy atom. The number of aliphatic hydroxyl groups excluding tert-OH is 1. The SMILES string of the molecule is COc1cc(-c2c(CO)ccc3ccccc23)cc(OC)c1OC. The number of ether oxygens (including phenoxy) is 3. The molecule has 124 valence electrons. The Morgan fingerprint density at radius 2 is 1.50 bits per heavy atom. The largest absolute Gasteiger partial charge is 0.493 e. The van der Waals surface area contributed by atoms with E-state index in [1.165, 1.54) is 0 Å². The smallest absolute Gasteiger partial charge is 0.203 e. The molecule has 0 heterocycles. The van der Waals surface area contributed by atoms with Gasteiger partial charge in [0.1, 0.15) is 0 Å². The van der Waals surface area contributed by atoms with Crippen LogP contribution >= 0.6 is 0 Å². The highest BCUT2D eigenvalue weighted by Gasteiger charge is 2.17. The summed E-state index contributed by atoms with van der Waals surface area (Å²) in [5.41, 5.74) is 2.73. The first-order chi connectivity index (χ1) is 11.7. The molecule has 0 amide bonds. The molecule has 0 saturated heterocycles. The predicted octanol–water partition coefficient (Wildman–Crippen LogP) is 4.02. The summed E-state index contributed by atoms with van der Waals surface area (Å²) in [6, 6.07) is 15.9. The fraction of sp³-hybridized carbons (Fsp3) is 0.200. The lowest BCUT2D eigenvalue weighted by molar-refractivity contribution is 0.282. The molecule has 4 heteroatoms. The van der Waals surface area contributed by atoms with Crippen molar-refractivity contribution in [1.82, 2.24) is 0 Å². The first kappa shape index (κ1) is 16.1. The van der Waals surface area contributed by atoms with Crippen LogP contribution in [0.15, 0.2) is 48.5 Å². The van der Waals surface area contributed by atoms with E-state index in [1.54, 1.807) is 21.3 Å². The zero-order valence-electron chi connectivity index (χ0n) is 14.0. The molecule has 1 N–H and O–H groups in total. The minimum atomic E-state index is -0.0448. The summed E-state index contributed by atoms with van der Waals surface area (Å²) >= 11 is 0. The molecule has 0 radical (unpaired) electrons. The number of rotatable bonds is 5. The van der Waals surface area contributed by atoms with Crippen LogP contribution in [0.3, 0.4) is 0 Å². The Bertz CT molecular complexity index is 846. The summed E-state index contributed by atoms with van der Waals surface area (Å²) in [5.74, 6) is 1.72. The van der Waals surface area contributed by atoms with Gasteiger partial charge < -0.3 is 19.3 Å². The lowest BCUT2D eigenvalue weighted by atomic mass is 9.93. The van der Waals surface area contributed by atoms with Gasteiger partial charge in [-0.25, -0.2) is 0 Å². The van der Waals surface area contributed by atoms with Gasteiger partial charge in [0.2, 0.25) is 5.75 Å². The molecule has 0 aliphatic rings. The maximum Gasteiger partial charge on any atom is 0.203 e. The number of benzene rings is 3. The fourth-order valence-electron chi connectivity index (χ4n) is 3.01. The van der Waals surface area contributed by atoms with Gasteiger partial charge in [0.05, 0.1) is 27.9 Å². The van der Waals surface area contributed by atoms with E-state index in [-0.39, 0.29) is 6.61 Å². The van der Waals surface area contributed by atoms with Gasteiger partial charge in [-0.1, -0.05) is 36.4 Å². The fourth-order valence-corrected chi connectivity index (χ4v) is 3.01. The minimum Gasteiger partial charge on any atom is -0.493 e. The molecule has 0 aliphatic carbocycles. The zero-order valence-corrected chi connectivity index (χ0v) is 14.0. The maximum atomic E-state index is 9.81. The summed E-state index contributed by atoms with van der Waals surface area (Å²) in [5, 5.41) is 12.0. The molecule has 0 fully saturated rings. The lowest BCUT2D eigenvalue weighted by Gasteiger charge is -2.17. The number of hydrogen-bond donors (Lipinski definition) is 1.